The Hall–Kier alpha value is -2.85. The molecule has 216 valence electrons. The fourth-order valence-corrected chi connectivity index (χ4v) is 6.15. The van der Waals surface area contributed by atoms with Crippen molar-refractivity contribution in [3.8, 4) is 11.5 Å². The average Bonchev–Trinajstić information content (AvgIpc) is 3.54. The molecule has 2 saturated heterocycles. The number of rotatable bonds is 14. The summed E-state index contributed by atoms with van der Waals surface area (Å²) >= 11 is 0. The number of unbranched alkanes of at least 4 members (excludes halogenated alkanes) is 2. The summed E-state index contributed by atoms with van der Waals surface area (Å²) in [5.74, 6) is -0.477. The maximum Gasteiger partial charge on any atom is 0.308 e. The first-order valence-corrected chi connectivity index (χ1v) is 14.5. The van der Waals surface area contributed by atoms with Gasteiger partial charge in [0.1, 0.15) is 0 Å². The number of hydrogen-bond donors (Lipinski definition) is 2. The molecule has 3 atom stereocenters. The molecule has 1 aromatic carbocycles. The van der Waals surface area contributed by atoms with Crippen LogP contribution >= 0.6 is 0 Å². The molecule has 4 rings (SSSR count). The Balaban J connectivity index is 1.56. The molecule has 10 nitrogen and oxygen atoms in total. The smallest absolute Gasteiger partial charge is 0.308 e. The van der Waals surface area contributed by atoms with Crippen molar-refractivity contribution < 1.29 is 29.0 Å². The maximum atomic E-state index is 13.6. The lowest BCUT2D eigenvalue weighted by atomic mass is 9.84. The van der Waals surface area contributed by atoms with Crippen molar-refractivity contribution >= 4 is 17.8 Å². The molecule has 1 aromatic rings. The van der Waals surface area contributed by atoms with E-state index in [4.69, 9.17) is 15.2 Å². The van der Waals surface area contributed by atoms with Gasteiger partial charge in [0, 0.05) is 51.1 Å². The van der Waals surface area contributed by atoms with Gasteiger partial charge in [-0.15, -0.1) is 0 Å². The lowest BCUT2D eigenvalue weighted by molar-refractivity contribution is -0.144. The number of fused-ring (bicyclic) bond motifs is 1. The Labute approximate surface area is 231 Å². The number of carbonyl (C=O) groups is 3. The second kappa shape index (κ2) is 14.0. The number of piperidine rings is 1. The lowest BCUT2D eigenvalue weighted by Crippen LogP contribution is -2.46. The molecule has 0 aliphatic carbocycles. The van der Waals surface area contributed by atoms with Crippen LogP contribution in [0, 0.1) is 5.92 Å². The molecule has 0 saturated carbocycles. The van der Waals surface area contributed by atoms with Crippen LogP contribution in [0.1, 0.15) is 69.8 Å². The summed E-state index contributed by atoms with van der Waals surface area (Å²) in [6.45, 7) is 6.02. The van der Waals surface area contributed by atoms with Gasteiger partial charge in [0.25, 0.3) is 0 Å². The predicted octanol–water partition coefficient (Wildman–Crippen LogP) is 2.65. The van der Waals surface area contributed by atoms with E-state index in [1.165, 1.54) is 0 Å². The van der Waals surface area contributed by atoms with Crippen molar-refractivity contribution in [2.75, 3.05) is 52.6 Å². The van der Waals surface area contributed by atoms with Gasteiger partial charge in [0.2, 0.25) is 18.6 Å². The van der Waals surface area contributed by atoms with Crippen molar-refractivity contribution in [2.45, 2.75) is 70.3 Å². The second-order valence-electron chi connectivity index (χ2n) is 10.9. The molecule has 3 unspecified atom stereocenters. The van der Waals surface area contributed by atoms with Crippen LogP contribution in [-0.2, 0) is 14.4 Å². The SMILES string of the molecule is CCCCN(CCCCN)C(=O)CN1CC(c2ccc3c(c2)OCO3)C(C(=O)O)C1CCN1CCCCC1=O. The summed E-state index contributed by atoms with van der Waals surface area (Å²) in [5.41, 5.74) is 6.55. The van der Waals surface area contributed by atoms with Crippen LogP contribution in [0.4, 0.5) is 0 Å². The van der Waals surface area contributed by atoms with Crippen molar-refractivity contribution in [3.63, 3.8) is 0 Å². The van der Waals surface area contributed by atoms with Gasteiger partial charge in [-0.25, -0.2) is 0 Å². The van der Waals surface area contributed by atoms with E-state index in [1.54, 1.807) is 0 Å². The summed E-state index contributed by atoms with van der Waals surface area (Å²) in [7, 11) is 0. The Morgan fingerprint density at radius 2 is 1.92 bits per heavy atom. The number of aliphatic carboxylic acids is 1. The molecule has 10 heteroatoms. The second-order valence-corrected chi connectivity index (χ2v) is 10.9. The highest BCUT2D eigenvalue weighted by atomic mass is 16.7. The van der Waals surface area contributed by atoms with Crippen LogP contribution in [0.2, 0.25) is 0 Å². The van der Waals surface area contributed by atoms with Crippen LogP contribution in [0.3, 0.4) is 0 Å². The molecule has 3 aliphatic heterocycles. The molecule has 3 heterocycles. The third-order valence-electron chi connectivity index (χ3n) is 8.33. The van der Waals surface area contributed by atoms with E-state index in [-0.39, 0.29) is 37.1 Å². The van der Waals surface area contributed by atoms with Gasteiger partial charge in [-0.3, -0.25) is 19.3 Å². The first kappa shape index (κ1) is 29.1. The highest BCUT2D eigenvalue weighted by Gasteiger charge is 2.47. The number of nitrogens with zero attached hydrogens (tertiary/aromatic N) is 3. The number of benzene rings is 1. The largest absolute Gasteiger partial charge is 0.481 e. The highest BCUT2D eigenvalue weighted by molar-refractivity contribution is 5.79. The molecule has 39 heavy (non-hydrogen) atoms. The molecule has 2 fully saturated rings. The number of amides is 2. The van der Waals surface area contributed by atoms with Crippen molar-refractivity contribution in [1.82, 2.24) is 14.7 Å². The molecule has 0 bridgehead atoms. The minimum absolute atomic E-state index is 0.0231. The standard InChI is InChI=1S/C29H44N4O6/c1-2-3-13-31(15-7-5-12-30)27(35)19-33-18-22(21-9-10-24-25(17-21)39-20-38-24)28(29(36)37)23(33)11-16-32-14-6-4-8-26(32)34/h9-10,17,22-23,28H,2-8,11-16,18-20,30H2,1H3,(H,36,37). The Morgan fingerprint density at radius 3 is 2.67 bits per heavy atom. The summed E-state index contributed by atoms with van der Waals surface area (Å²) in [6.07, 6.45) is 6.56. The van der Waals surface area contributed by atoms with E-state index >= 15 is 0 Å². The molecule has 0 aromatic heterocycles. The molecule has 3 aliphatic rings. The number of ether oxygens (including phenoxy) is 2. The zero-order chi connectivity index (χ0) is 27.8. The number of carbonyl (C=O) groups excluding carboxylic acids is 2. The molecular formula is C29H44N4O6. The predicted molar refractivity (Wildman–Crippen MR) is 147 cm³/mol. The lowest BCUT2D eigenvalue weighted by Gasteiger charge is -2.32. The number of carboxylic acid groups (broad SMARTS) is 1. The van der Waals surface area contributed by atoms with Gasteiger partial charge in [-0.05, 0) is 62.8 Å². The molecule has 3 N–H and O–H groups in total. The molecule has 0 radical (unpaired) electrons. The molecule has 2 amide bonds. The van der Waals surface area contributed by atoms with E-state index in [9.17, 15) is 19.5 Å². The van der Waals surface area contributed by atoms with Crippen molar-refractivity contribution in [1.29, 1.82) is 0 Å². The maximum absolute atomic E-state index is 13.6. The van der Waals surface area contributed by atoms with Crippen molar-refractivity contribution in [3.05, 3.63) is 23.8 Å². The molecular weight excluding hydrogens is 500 g/mol. The summed E-state index contributed by atoms with van der Waals surface area (Å²) < 4.78 is 11.0. The van der Waals surface area contributed by atoms with Gasteiger partial charge in [0.05, 0.1) is 12.5 Å². The van der Waals surface area contributed by atoms with E-state index < -0.39 is 11.9 Å². The number of hydrogen-bond acceptors (Lipinski definition) is 7. The molecule has 0 spiro atoms. The van der Waals surface area contributed by atoms with Crippen LogP contribution in [0.15, 0.2) is 18.2 Å². The third kappa shape index (κ3) is 7.22. The van der Waals surface area contributed by atoms with E-state index in [0.717, 1.165) is 44.1 Å². The van der Waals surface area contributed by atoms with Crippen molar-refractivity contribution in [2.24, 2.45) is 11.7 Å². The van der Waals surface area contributed by atoms with Crippen LogP contribution in [0.5, 0.6) is 11.5 Å². The Bertz CT molecular complexity index is 1000. The monoisotopic (exact) mass is 544 g/mol. The van der Waals surface area contributed by atoms with Crippen LogP contribution in [0.25, 0.3) is 0 Å². The van der Waals surface area contributed by atoms with E-state index in [0.29, 0.717) is 63.6 Å². The summed E-state index contributed by atoms with van der Waals surface area (Å²) in [6, 6.07) is 5.24. The minimum atomic E-state index is -0.881. The Morgan fingerprint density at radius 1 is 1.13 bits per heavy atom. The number of nitrogens with two attached hydrogens (primary N) is 1. The third-order valence-corrected chi connectivity index (χ3v) is 8.33. The Kier molecular flexibility index (Phi) is 10.4. The fourth-order valence-electron chi connectivity index (χ4n) is 6.15. The summed E-state index contributed by atoms with van der Waals surface area (Å²) in [4.78, 5) is 44.6. The van der Waals surface area contributed by atoms with E-state index in [1.807, 2.05) is 32.9 Å². The van der Waals surface area contributed by atoms with Gasteiger partial charge in [0.15, 0.2) is 11.5 Å². The van der Waals surface area contributed by atoms with Crippen LogP contribution < -0.4 is 15.2 Å². The van der Waals surface area contributed by atoms with Gasteiger partial charge in [-0.2, -0.15) is 0 Å². The normalized spacial score (nSPS) is 22.9. The van der Waals surface area contributed by atoms with Gasteiger partial charge in [-0.1, -0.05) is 19.4 Å². The highest BCUT2D eigenvalue weighted by Crippen LogP contribution is 2.42. The van der Waals surface area contributed by atoms with E-state index in [2.05, 4.69) is 6.92 Å². The van der Waals surface area contributed by atoms with Gasteiger partial charge < -0.3 is 30.1 Å². The minimum Gasteiger partial charge on any atom is -0.481 e. The zero-order valence-corrected chi connectivity index (χ0v) is 23.2. The topological polar surface area (TPSA) is 126 Å². The van der Waals surface area contributed by atoms with Gasteiger partial charge >= 0.3 is 5.97 Å². The first-order valence-electron chi connectivity index (χ1n) is 14.5. The average molecular weight is 545 g/mol. The number of likely N-dealkylation sites (tertiary alicyclic amines) is 2. The quantitative estimate of drug-likeness (QED) is 0.343. The first-order chi connectivity index (χ1) is 18.9. The fraction of sp³-hybridized carbons (Fsp3) is 0.690. The summed E-state index contributed by atoms with van der Waals surface area (Å²) in [5, 5.41) is 10.4. The number of carboxylic acids is 1. The van der Waals surface area contributed by atoms with Crippen LogP contribution in [-0.4, -0.2) is 96.2 Å². The zero-order valence-electron chi connectivity index (χ0n) is 23.2.